The quantitative estimate of drug-likeness (QED) is 0.332. The van der Waals surface area contributed by atoms with Crippen LogP contribution in [0.2, 0.25) is 0 Å². The topological polar surface area (TPSA) is 80.8 Å². The molecule has 1 aliphatic carbocycles. The first-order valence-corrected chi connectivity index (χ1v) is 12.6. The van der Waals surface area contributed by atoms with E-state index < -0.39 is 46.9 Å². The highest BCUT2D eigenvalue weighted by Crippen LogP contribution is 2.57. The van der Waals surface area contributed by atoms with E-state index in [1.54, 1.807) is 60.7 Å². The number of imide groups is 1. The van der Waals surface area contributed by atoms with Gasteiger partial charge in [-0.25, -0.2) is 4.90 Å². The summed E-state index contributed by atoms with van der Waals surface area (Å²) >= 11 is 3.41. The number of Topliss-reactive ketones (excluding diaryl/α,β-unsaturated/α-hetero) is 2. The van der Waals surface area contributed by atoms with Gasteiger partial charge in [0.15, 0.2) is 0 Å². The molecule has 7 heteroatoms. The molecule has 6 rings (SSSR count). The van der Waals surface area contributed by atoms with Crippen LogP contribution in [-0.2, 0) is 14.3 Å². The highest BCUT2D eigenvalue weighted by atomic mass is 79.9. The number of rotatable bonds is 3. The van der Waals surface area contributed by atoms with Gasteiger partial charge >= 0.3 is 0 Å². The number of carbonyl (C=O) groups is 4. The van der Waals surface area contributed by atoms with Crippen LogP contribution >= 0.6 is 15.9 Å². The van der Waals surface area contributed by atoms with Gasteiger partial charge in [-0.3, -0.25) is 19.2 Å². The Bertz CT molecular complexity index is 1410. The van der Waals surface area contributed by atoms with Crippen LogP contribution in [0.1, 0.15) is 57.7 Å². The van der Waals surface area contributed by atoms with Gasteiger partial charge in [0.1, 0.15) is 0 Å². The number of benzene rings is 3. The second-order valence-corrected chi connectivity index (χ2v) is 10.7. The Morgan fingerprint density at radius 3 is 1.94 bits per heavy atom. The molecule has 0 N–H and O–H groups in total. The van der Waals surface area contributed by atoms with Crippen LogP contribution in [0.5, 0.6) is 0 Å². The van der Waals surface area contributed by atoms with Crippen molar-refractivity contribution in [1.29, 1.82) is 0 Å². The van der Waals surface area contributed by atoms with Crippen molar-refractivity contribution < 1.29 is 23.9 Å². The van der Waals surface area contributed by atoms with Crippen LogP contribution in [0, 0.1) is 11.8 Å². The van der Waals surface area contributed by atoms with Crippen LogP contribution in [0.15, 0.2) is 77.3 Å². The Morgan fingerprint density at radius 1 is 0.806 bits per heavy atom. The van der Waals surface area contributed by atoms with E-state index in [1.165, 1.54) is 0 Å². The molecule has 3 aliphatic rings. The number of hydrogen-bond acceptors (Lipinski definition) is 5. The number of ether oxygens (including phenoxy) is 1. The second kappa shape index (κ2) is 8.05. The third-order valence-corrected chi connectivity index (χ3v) is 8.06. The zero-order valence-corrected chi connectivity index (χ0v) is 21.2. The van der Waals surface area contributed by atoms with Crippen LogP contribution in [0.3, 0.4) is 0 Å². The molecule has 180 valence electrons. The molecular weight excluding hydrogens is 522 g/mol. The Hall–Kier alpha value is -3.42. The minimum atomic E-state index is -2.06. The second-order valence-electron chi connectivity index (χ2n) is 9.79. The lowest BCUT2D eigenvalue weighted by Gasteiger charge is -2.27. The predicted octanol–water partition coefficient (Wildman–Crippen LogP) is 5.27. The van der Waals surface area contributed by atoms with Gasteiger partial charge in [-0.15, -0.1) is 0 Å². The normalized spacial score (nSPS) is 24.2. The van der Waals surface area contributed by atoms with Crippen LogP contribution < -0.4 is 4.90 Å². The molecule has 3 atom stereocenters. The molecule has 0 unspecified atom stereocenters. The number of halogens is 1. The summed E-state index contributed by atoms with van der Waals surface area (Å²) in [5.74, 6) is -4.15. The van der Waals surface area contributed by atoms with Crippen LogP contribution in [-0.4, -0.2) is 29.0 Å². The molecule has 0 aromatic heterocycles. The highest BCUT2D eigenvalue weighted by molar-refractivity contribution is 9.10. The summed E-state index contributed by atoms with van der Waals surface area (Å²) in [6, 6.07) is 20.9. The molecule has 2 fully saturated rings. The Kier molecular flexibility index (Phi) is 5.14. The van der Waals surface area contributed by atoms with E-state index in [1.807, 2.05) is 12.1 Å². The maximum absolute atomic E-state index is 14.0. The van der Waals surface area contributed by atoms with Crippen molar-refractivity contribution in [3.63, 3.8) is 0 Å². The van der Waals surface area contributed by atoms with Crippen LogP contribution in [0.25, 0.3) is 0 Å². The number of carbonyl (C=O) groups excluding carboxylic acids is 4. The van der Waals surface area contributed by atoms with E-state index in [0.717, 1.165) is 14.9 Å². The third-order valence-electron chi connectivity index (χ3n) is 7.54. The lowest BCUT2D eigenvalue weighted by Crippen LogP contribution is -2.51. The first-order chi connectivity index (χ1) is 17.3. The molecule has 6 nitrogen and oxygen atoms in total. The number of fused-ring (bicyclic) bond motifs is 3. The minimum absolute atomic E-state index is 0.220. The predicted molar refractivity (Wildman–Crippen MR) is 136 cm³/mol. The molecule has 2 heterocycles. The fraction of sp³-hybridized carbons (Fsp3) is 0.241. The van der Waals surface area contributed by atoms with Gasteiger partial charge in [-0.05, 0) is 41.3 Å². The van der Waals surface area contributed by atoms with Crippen molar-refractivity contribution in [3.8, 4) is 0 Å². The fourth-order valence-corrected chi connectivity index (χ4v) is 6.00. The van der Waals surface area contributed by atoms with Gasteiger partial charge in [0, 0.05) is 15.6 Å². The molecule has 3 aromatic carbocycles. The van der Waals surface area contributed by atoms with Gasteiger partial charge in [0.05, 0.1) is 23.6 Å². The molecule has 2 amide bonds. The van der Waals surface area contributed by atoms with E-state index in [9.17, 15) is 19.2 Å². The Labute approximate surface area is 216 Å². The first-order valence-electron chi connectivity index (χ1n) is 11.9. The smallest absolute Gasteiger partial charge is 0.241 e. The number of ketones is 2. The summed E-state index contributed by atoms with van der Waals surface area (Å²) in [5.41, 5.74) is 0.493. The van der Waals surface area contributed by atoms with E-state index >= 15 is 0 Å². The number of anilines is 1. The molecule has 0 radical (unpaired) electrons. The van der Waals surface area contributed by atoms with Gasteiger partial charge in [0.2, 0.25) is 29.0 Å². The average molecular weight is 544 g/mol. The van der Waals surface area contributed by atoms with E-state index in [-0.39, 0.29) is 17.0 Å². The van der Waals surface area contributed by atoms with Crippen molar-refractivity contribution >= 4 is 45.0 Å². The lowest BCUT2D eigenvalue weighted by molar-refractivity contribution is -0.127. The summed E-state index contributed by atoms with van der Waals surface area (Å²) in [6.45, 7) is 4.12. The number of amides is 2. The molecule has 2 aliphatic heterocycles. The van der Waals surface area contributed by atoms with Gasteiger partial charge in [0.25, 0.3) is 0 Å². The fourth-order valence-electron chi connectivity index (χ4n) is 5.73. The summed E-state index contributed by atoms with van der Waals surface area (Å²) in [4.78, 5) is 56.5. The van der Waals surface area contributed by atoms with Crippen molar-refractivity contribution in [2.45, 2.75) is 31.5 Å². The highest BCUT2D eigenvalue weighted by Gasteiger charge is 2.74. The summed E-state index contributed by atoms with van der Waals surface area (Å²) in [6.07, 6.45) is -0.929. The molecule has 1 spiro atoms. The maximum Gasteiger partial charge on any atom is 0.241 e. The van der Waals surface area contributed by atoms with Crippen molar-refractivity contribution in [3.05, 3.63) is 99.5 Å². The largest absolute Gasteiger partial charge is 0.349 e. The summed E-state index contributed by atoms with van der Waals surface area (Å²) < 4.78 is 7.13. The molecular formula is C29H22BrNO5. The van der Waals surface area contributed by atoms with Crippen molar-refractivity contribution in [2.24, 2.45) is 11.8 Å². The van der Waals surface area contributed by atoms with Gasteiger partial charge in [-0.2, -0.15) is 0 Å². The van der Waals surface area contributed by atoms with Gasteiger partial charge < -0.3 is 4.74 Å². The molecule has 0 bridgehead atoms. The van der Waals surface area contributed by atoms with E-state index in [4.69, 9.17) is 4.74 Å². The Balaban J connectivity index is 1.51. The third kappa shape index (κ3) is 2.99. The van der Waals surface area contributed by atoms with Crippen LogP contribution in [0.4, 0.5) is 5.69 Å². The molecule has 2 saturated heterocycles. The van der Waals surface area contributed by atoms with E-state index in [0.29, 0.717) is 11.3 Å². The average Bonchev–Trinajstić information content (AvgIpc) is 3.44. The number of hydrogen-bond donors (Lipinski definition) is 0. The van der Waals surface area contributed by atoms with E-state index in [2.05, 4.69) is 29.8 Å². The molecule has 3 aromatic rings. The zero-order valence-electron chi connectivity index (χ0n) is 19.6. The monoisotopic (exact) mass is 543 g/mol. The maximum atomic E-state index is 14.0. The first kappa shape index (κ1) is 23.0. The lowest BCUT2D eigenvalue weighted by atomic mass is 9.77. The minimum Gasteiger partial charge on any atom is -0.349 e. The molecule has 36 heavy (non-hydrogen) atoms. The zero-order chi connectivity index (χ0) is 25.4. The van der Waals surface area contributed by atoms with Crippen molar-refractivity contribution in [1.82, 2.24) is 0 Å². The Morgan fingerprint density at radius 2 is 1.39 bits per heavy atom. The molecule has 0 saturated carbocycles. The summed E-state index contributed by atoms with van der Waals surface area (Å²) in [5, 5.41) is 0. The summed E-state index contributed by atoms with van der Waals surface area (Å²) in [7, 11) is 0. The van der Waals surface area contributed by atoms with Gasteiger partial charge in [-0.1, -0.05) is 78.3 Å². The van der Waals surface area contributed by atoms with Crippen molar-refractivity contribution in [2.75, 3.05) is 4.90 Å². The number of nitrogens with zero attached hydrogens (tertiary/aromatic N) is 1. The standard InChI is InChI=1S/C29H22BrNO5/c1-15(2)16-9-13-19(14-10-16)31-27(34)22-23(28(31)35)29(36-24(22)17-7-11-18(30)12-8-17)25(32)20-5-3-4-6-21(20)26(29)33/h3-15,22-24H,1-2H3/t22-,23-,24+/m0/s1. The SMILES string of the molecule is CC(C)c1ccc(N2C(=O)[C@@H]3[C@@H](c4ccc(Br)cc4)OC4(C(=O)c5ccccc5C4=O)[C@@H]3C2=O)cc1.